The van der Waals surface area contributed by atoms with E-state index >= 15 is 0 Å². The molecular weight excluding hydrogens is 454 g/mol. The number of fused-ring (bicyclic) bond motifs is 1. The van der Waals surface area contributed by atoms with Crippen molar-refractivity contribution in [1.29, 1.82) is 0 Å². The smallest absolute Gasteiger partial charge is 0.261 e. The van der Waals surface area contributed by atoms with E-state index in [9.17, 15) is 17.2 Å². The molecule has 1 aliphatic heterocycles. The van der Waals surface area contributed by atoms with Crippen LogP contribution in [0.2, 0.25) is 0 Å². The fourth-order valence-electron chi connectivity index (χ4n) is 3.64. The van der Waals surface area contributed by atoms with Gasteiger partial charge < -0.3 is 14.0 Å². The lowest BCUT2D eigenvalue weighted by molar-refractivity contribution is 0.146. The molecule has 0 fully saturated rings. The SMILES string of the molecule is COCCOc1ccc(S(=O)(=O)Nc2cc(-c3nnc4n3CCCCC4)c(F)cc2F)cc1. The molecule has 33 heavy (non-hydrogen) atoms. The summed E-state index contributed by atoms with van der Waals surface area (Å²) in [6, 6.07) is 7.42. The van der Waals surface area contributed by atoms with Gasteiger partial charge in [0.05, 0.1) is 22.8 Å². The minimum atomic E-state index is -4.13. The van der Waals surface area contributed by atoms with E-state index in [4.69, 9.17) is 9.47 Å². The van der Waals surface area contributed by atoms with Crippen molar-refractivity contribution in [2.24, 2.45) is 0 Å². The Hall–Kier alpha value is -3.05. The van der Waals surface area contributed by atoms with Crippen molar-refractivity contribution in [2.45, 2.75) is 37.1 Å². The van der Waals surface area contributed by atoms with E-state index in [-0.39, 0.29) is 22.0 Å². The molecule has 0 atom stereocenters. The third-order valence-corrected chi connectivity index (χ3v) is 6.72. The summed E-state index contributed by atoms with van der Waals surface area (Å²) < 4.78 is 69.2. The highest BCUT2D eigenvalue weighted by molar-refractivity contribution is 7.92. The predicted molar refractivity (Wildman–Crippen MR) is 118 cm³/mol. The van der Waals surface area contributed by atoms with Crippen molar-refractivity contribution in [3.63, 3.8) is 0 Å². The van der Waals surface area contributed by atoms with Gasteiger partial charge in [-0.2, -0.15) is 0 Å². The number of benzene rings is 2. The highest BCUT2D eigenvalue weighted by Gasteiger charge is 2.23. The first-order chi connectivity index (χ1) is 15.9. The number of nitrogens with one attached hydrogen (secondary N) is 1. The quantitative estimate of drug-likeness (QED) is 0.495. The van der Waals surface area contributed by atoms with Crippen LogP contribution >= 0.6 is 0 Å². The first kappa shape index (κ1) is 23.1. The second-order valence-corrected chi connectivity index (χ2v) is 9.31. The molecule has 0 saturated heterocycles. The van der Waals surface area contributed by atoms with Gasteiger partial charge in [0.1, 0.15) is 29.8 Å². The molecule has 3 aromatic rings. The number of rotatable bonds is 8. The second kappa shape index (κ2) is 9.84. The summed E-state index contributed by atoms with van der Waals surface area (Å²) in [6.45, 7) is 1.33. The summed E-state index contributed by atoms with van der Waals surface area (Å²) in [4.78, 5) is -0.0942. The second-order valence-electron chi connectivity index (χ2n) is 7.63. The Morgan fingerprint density at radius 1 is 1.03 bits per heavy atom. The average Bonchev–Trinajstić information content (AvgIpc) is 3.03. The molecule has 0 unspecified atom stereocenters. The standard InChI is InChI=1S/C22H24F2N4O4S/c1-31-11-12-32-15-6-8-16(9-7-15)33(29,30)27-20-13-17(18(23)14-19(20)24)22-26-25-21-5-3-2-4-10-28(21)22/h6-9,13-14,27H,2-5,10-12H2,1H3. The molecule has 2 heterocycles. The number of hydrogen-bond donors (Lipinski definition) is 1. The lowest BCUT2D eigenvalue weighted by Crippen LogP contribution is -2.14. The normalized spacial score (nSPS) is 13.9. The van der Waals surface area contributed by atoms with Crippen LogP contribution in [0.25, 0.3) is 11.4 Å². The summed E-state index contributed by atoms with van der Waals surface area (Å²) >= 11 is 0. The van der Waals surface area contributed by atoms with Gasteiger partial charge in [-0.1, -0.05) is 6.42 Å². The molecule has 0 spiro atoms. The topological polar surface area (TPSA) is 95.3 Å². The monoisotopic (exact) mass is 478 g/mol. The number of nitrogens with zero attached hydrogens (tertiary/aromatic N) is 3. The van der Waals surface area contributed by atoms with Gasteiger partial charge in [0.2, 0.25) is 0 Å². The minimum Gasteiger partial charge on any atom is -0.491 e. The van der Waals surface area contributed by atoms with Gasteiger partial charge in [0, 0.05) is 26.1 Å². The molecule has 8 nitrogen and oxygen atoms in total. The lowest BCUT2D eigenvalue weighted by atomic mass is 10.1. The van der Waals surface area contributed by atoms with Gasteiger partial charge >= 0.3 is 0 Å². The van der Waals surface area contributed by atoms with Gasteiger partial charge in [-0.05, 0) is 43.2 Å². The number of anilines is 1. The van der Waals surface area contributed by atoms with Crippen molar-refractivity contribution in [3.05, 3.63) is 53.9 Å². The van der Waals surface area contributed by atoms with Crippen molar-refractivity contribution in [3.8, 4) is 17.1 Å². The third-order valence-electron chi connectivity index (χ3n) is 5.34. The molecule has 1 aromatic heterocycles. The molecule has 0 radical (unpaired) electrons. The van der Waals surface area contributed by atoms with Crippen molar-refractivity contribution in [2.75, 3.05) is 25.0 Å². The number of aryl methyl sites for hydroxylation is 1. The van der Waals surface area contributed by atoms with Crippen LogP contribution in [-0.2, 0) is 27.7 Å². The Morgan fingerprint density at radius 2 is 1.82 bits per heavy atom. The van der Waals surface area contributed by atoms with Crippen molar-refractivity contribution < 1.29 is 26.7 Å². The molecule has 176 valence electrons. The third kappa shape index (κ3) is 5.14. The first-order valence-corrected chi connectivity index (χ1v) is 12.0. The molecule has 0 bridgehead atoms. The lowest BCUT2D eigenvalue weighted by Gasteiger charge is -2.13. The van der Waals surface area contributed by atoms with Crippen LogP contribution in [0, 0.1) is 11.6 Å². The Balaban J connectivity index is 1.60. The van der Waals surface area contributed by atoms with E-state index in [0.717, 1.165) is 37.6 Å². The maximum absolute atomic E-state index is 14.7. The Bertz CT molecular complexity index is 1230. The number of sulfonamides is 1. The zero-order valence-corrected chi connectivity index (χ0v) is 18.9. The number of ether oxygens (including phenoxy) is 2. The fourth-order valence-corrected chi connectivity index (χ4v) is 4.70. The maximum atomic E-state index is 14.7. The summed E-state index contributed by atoms with van der Waals surface area (Å²) in [6.07, 6.45) is 3.60. The molecule has 1 N–H and O–H groups in total. The number of hydrogen-bond acceptors (Lipinski definition) is 6. The van der Waals surface area contributed by atoms with E-state index in [1.54, 1.807) is 7.11 Å². The Labute approximate surface area is 190 Å². The summed E-state index contributed by atoms with van der Waals surface area (Å²) in [5.41, 5.74) is -0.394. The molecule has 4 rings (SSSR count). The van der Waals surface area contributed by atoms with E-state index < -0.39 is 21.7 Å². The Morgan fingerprint density at radius 3 is 2.58 bits per heavy atom. The largest absolute Gasteiger partial charge is 0.491 e. The highest BCUT2D eigenvalue weighted by atomic mass is 32.2. The van der Waals surface area contributed by atoms with E-state index in [1.165, 1.54) is 24.3 Å². The van der Waals surface area contributed by atoms with Crippen LogP contribution in [0.3, 0.4) is 0 Å². The molecule has 0 amide bonds. The van der Waals surface area contributed by atoms with Gasteiger partial charge in [-0.25, -0.2) is 17.2 Å². The summed E-state index contributed by atoms with van der Waals surface area (Å²) in [7, 11) is -2.59. The van der Waals surface area contributed by atoms with Crippen LogP contribution in [0.4, 0.5) is 14.5 Å². The average molecular weight is 479 g/mol. The zero-order valence-electron chi connectivity index (χ0n) is 18.1. The zero-order chi connectivity index (χ0) is 23.4. The van der Waals surface area contributed by atoms with Crippen molar-refractivity contribution in [1.82, 2.24) is 14.8 Å². The van der Waals surface area contributed by atoms with Crippen LogP contribution in [0.1, 0.15) is 25.1 Å². The highest BCUT2D eigenvalue weighted by Crippen LogP contribution is 2.30. The molecule has 0 saturated carbocycles. The molecule has 0 aliphatic carbocycles. The molecular formula is C22H24F2N4O4S. The predicted octanol–water partition coefficient (Wildman–Crippen LogP) is 3.78. The van der Waals surface area contributed by atoms with Crippen LogP contribution in [-0.4, -0.2) is 43.5 Å². The van der Waals surface area contributed by atoms with Gasteiger partial charge in [0.25, 0.3) is 10.0 Å². The fraction of sp³-hybridized carbons (Fsp3) is 0.364. The van der Waals surface area contributed by atoms with Crippen molar-refractivity contribution >= 4 is 15.7 Å². The van der Waals surface area contributed by atoms with Gasteiger partial charge in [-0.15, -0.1) is 10.2 Å². The first-order valence-electron chi connectivity index (χ1n) is 10.5. The molecule has 1 aliphatic rings. The van der Waals surface area contributed by atoms with E-state index in [1.807, 2.05) is 4.57 Å². The summed E-state index contributed by atoms with van der Waals surface area (Å²) in [5, 5.41) is 8.22. The number of methoxy groups -OCH3 is 1. The van der Waals surface area contributed by atoms with E-state index in [0.29, 0.717) is 31.6 Å². The minimum absolute atomic E-state index is 0.0170. The molecule has 2 aromatic carbocycles. The van der Waals surface area contributed by atoms with Gasteiger partial charge in [-0.3, -0.25) is 4.72 Å². The maximum Gasteiger partial charge on any atom is 0.261 e. The molecule has 11 heteroatoms. The number of aromatic nitrogens is 3. The van der Waals surface area contributed by atoms with E-state index in [2.05, 4.69) is 14.9 Å². The van der Waals surface area contributed by atoms with Crippen LogP contribution in [0.5, 0.6) is 5.75 Å². The Kier molecular flexibility index (Phi) is 6.89. The summed E-state index contributed by atoms with van der Waals surface area (Å²) in [5.74, 6) is -0.417. The van der Waals surface area contributed by atoms with Gasteiger partial charge in [0.15, 0.2) is 5.82 Å². The van der Waals surface area contributed by atoms with Crippen LogP contribution in [0.15, 0.2) is 41.3 Å². The number of halogens is 2. The van der Waals surface area contributed by atoms with Crippen LogP contribution < -0.4 is 9.46 Å².